The molecule has 3 aromatic rings. The van der Waals surface area contributed by atoms with E-state index in [1.165, 1.54) is 5.56 Å². The number of nitrogens with one attached hydrogen (secondary N) is 3. The summed E-state index contributed by atoms with van der Waals surface area (Å²) < 4.78 is 0. The van der Waals surface area contributed by atoms with Crippen LogP contribution < -0.4 is 16.4 Å². The van der Waals surface area contributed by atoms with Gasteiger partial charge >= 0.3 is 0 Å². The highest BCUT2D eigenvalue weighted by atomic mass is 35.5. The number of benzene rings is 2. The first kappa shape index (κ1) is 20.4. The van der Waals surface area contributed by atoms with E-state index in [-0.39, 0.29) is 5.41 Å². The number of hydrogen-bond donors (Lipinski definition) is 4. The number of H-pyrrole nitrogens is 1. The van der Waals surface area contributed by atoms with Gasteiger partial charge in [-0.25, -0.2) is 0 Å². The first-order valence-corrected chi connectivity index (χ1v) is 10.6. The lowest BCUT2D eigenvalue weighted by Gasteiger charge is -2.23. The molecule has 0 spiro atoms. The SMILES string of the molecule is CN=C(N)NCCc1cc(NC2=CCC(C)(C)C=C2)cc2c1[nH]c1ccc(Cl)cc12. The van der Waals surface area contributed by atoms with E-state index in [4.69, 9.17) is 17.3 Å². The van der Waals surface area contributed by atoms with Gasteiger partial charge < -0.3 is 21.4 Å². The second-order valence-electron chi connectivity index (χ2n) is 8.47. The Labute approximate surface area is 182 Å². The number of halogens is 1. The monoisotopic (exact) mass is 421 g/mol. The Hall–Kier alpha value is -2.92. The number of hydrogen-bond acceptors (Lipinski definition) is 2. The number of guanidine groups is 1. The van der Waals surface area contributed by atoms with Crippen molar-refractivity contribution in [2.24, 2.45) is 16.1 Å². The van der Waals surface area contributed by atoms with E-state index >= 15 is 0 Å². The smallest absolute Gasteiger partial charge is 0.188 e. The van der Waals surface area contributed by atoms with E-state index in [0.29, 0.717) is 12.5 Å². The van der Waals surface area contributed by atoms with Crippen molar-refractivity contribution in [3.63, 3.8) is 0 Å². The summed E-state index contributed by atoms with van der Waals surface area (Å²) in [5.41, 5.74) is 11.6. The first-order chi connectivity index (χ1) is 14.3. The van der Waals surface area contributed by atoms with Crippen LogP contribution in [-0.4, -0.2) is 24.5 Å². The fraction of sp³-hybridized carbons (Fsp3) is 0.292. The van der Waals surface area contributed by atoms with Gasteiger partial charge in [-0.05, 0) is 60.2 Å². The molecule has 6 heteroatoms. The molecule has 1 heterocycles. The van der Waals surface area contributed by atoms with Crippen molar-refractivity contribution in [1.82, 2.24) is 10.3 Å². The van der Waals surface area contributed by atoms with Crippen molar-refractivity contribution in [1.29, 1.82) is 0 Å². The van der Waals surface area contributed by atoms with Crippen LogP contribution >= 0.6 is 11.6 Å². The molecule has 30 heavy (non-hydrogen) atoms. The summed E-state index contributed by atoms with van der Waals surface area (Å²) in [4.78, 5) is 7.53. The average molecular weight is 422 g/mol. The summed E-state index contributed by atoms with van der Waals surface area (Å²) >= 11 is 6.29. The molecular weight excluding hydrogens is 394 g/mol. The number of nitrogens with two attached hydrogens (primary N) is 1. The summed E-state index contributed by atoms with van der Waals surface area (Å²) in [5.74, 6) is 0.448. The highest BCUT2D eigenvalue weighted by Gasteiger charge is 2.17. The van der Waals surface area contributed by atoms with Crippen LogP contribution in [0.1, 0.15) is 25.8 Å². The third kappa shape index (κ3) is 4.31. The third-order valence-corrected chi connectivity index (χ3v) is 5.78. The van der Waals surface area contributed by atoms with Crippen LogP contribution in [0.4, 0.5) is 5.69 Å². The molecule has 4 rings (SSSR count). The fourth-order valence-electron chi connectivity index (χ4n) is 3.80. The predicted octanol–water partition coefficient (Wildman–Crippen LogP) is 5.33. The Morgan fingerprint density at radius 2 is 2.07 bits per heavy atom. The van der Waals surface area contributed by atoms with Gasteiger partial charge in [0, 0.05) is 51.8 Å². The third-order valence-electron chi connectivity index (χ3n) is 5.54. The van der Waals surface area contributed by atoms with Gasteiger partial charge in [-0.1, -0.05) is 37.6 Å². The summed E-state index contributed by atoms with van der Waals surface area (Å²) in [5, 5.41) is 9.75. The second-order valence-corrected chi connectivity index (χ2v) is 8.91. The molecule has 1 aromatic heterocycles. The van der Waals surface area contributed by atoms with E-state index < -0.39 is 0 Å². The van der Waals surface area contributed by atoms with Crippen molar-refractivity contribution in [2.75, 3.05) is 18.9 Å². The van der Waals surface area contributed by atoms with Gasteiger partial charge in [-0.2, -0.15) is 0 Å². The summed E-state index contributed by atoms with van der Waals surface area (Å²) in [7, 11) is 1.68. The normalized spacial score (nSPS) is 16.1. The van der Waals surface area contributed by atoms with Gasteiger partial charge in [0.25, 0.3) is 0 Å². The van der Waals surface area contributed by atoms with E-state index in [1.807, 2.05) is 18.2 Å². The Morgan fingerprint density at radius 1 is 1.23 bits per heavy atom. The minimum atomic E-state index is 0.209. The Morgan fingerprint density at radius 3 is 2.80 bits per heavy atom. The topological polar surface area (TPSA) is 78.2 Å². The molecule has 0 saturated carbocycles. The van der Waals surface area contributed by atoms with Crippen LogP contribution in [0, 0.1) is 5.41 Å². The van der Waals surface area contributed by atoms with Crippen LogP contribution in [0.25, 0.3) is 21.8 Å². The quantitative estimate of drug-likeness (QED) is 0.332. The zero-order chi connectivity index (χ0) is 21.3. The Bertz CT molecular complexity index is 1180. The molecule has 2 aromatic carbocycles. The van der Waals surface area contributed by atoms with E-state index in [9.17, 15) is 0 Å². The first-order valence-electron chi connectivity index (χ1n) is 10.2. The molecule has 0 aliphatic heterocycles. The van der Waals surface area contributed by atoms with Crippen molar-refractivity contribution in [3.05, 3.63) is 64.8 Å². The molecule has 0 radical (unpaired) electrons. The maximum Gasteiger partial charge on any atom is 0.188 e. The van der Waals surface area contributed by atoms with E-state index in [2.05, 4.69) is 64.8 Å². The van der Waals surface area contributed by atoms with Crippen molar-refractivity contribution >= 4 is 45.1 Å². The highest BCUT2D eigenvalue weighted by molar-refractivity contribution is 6.31. The number of fused-ring (bicyclic) bond motifs is 3. The lowest BCUT2D eigenvalue weighted by molar-refractivity contribution is 0.482. The van der Waals surface area contributed by atoms with Gasteiger partial charge in [0.15, 0.2) is 5.96 Å². The number of nitrogens with zero attached hydrogens (tertiary/aromatic N) is 1. The molecule has 0 unspecified atom stereocenters. The molecule has 1 aliphatic carbocycles. The molecule has 5 N–H and O–H groups in total. The molecule has 0 atom stereocenters. The van der Waals surface area contributed by atoms with Crippen LogP contribution in [0.5, 0.6) is 0 Å². The van der Waals surface area contributed by atoms with Gasteiger partial charge in [-0.3, -0.25) is 4.99 Å². The highest BCUT2D eigenvalue weighted by Crippen LogP contribution is 2.34. The largest absolute Gasteiger partial charge is 0.370 e. The molecule has 0 amide bonds. The predicted molar refractivity (Wildman–Crippen MR) is 129 cm³/mol. The van der Waals surface area contributed by atoms with Crippen molar-refractivity contribution < 1.29 is 0 Å². The van der Waals surface area contributed by atoms with Crippen LogP contribution in [0.2, 0.25) is 5.02 Å². The van der Waals surface area contributed by atoms with Crippen LogP contribution in [0.3, 0.4) is 0 Å². The minimum Gasteiger partial charge on any atom is -0.370 e. The van der Waals surface area contributed by atoms with E-state index in [1.54, 1.807) is 7.05 Å². The van der Waals surface area contributed by atoms with Crippen molar-refractivity contribution in [2.45, 2.75) is 26.7 Å². The number of anilines is 1. The molecule has 0 bridgehead atoms. The maximum absolute atomic E-state index is 6.29. The van der Waals surface area contributed by atoms with Crippen LogP contribution in [0.15, 0.2) is 59.2 Å². The molecule has 5 nitrogen and oxygen atoms in total. The van der Waals surface area contributed by atoms with E-state index in [0.717, 1.165) is 51.1 Å². The number of allylic oxidation sites excluding steroid dienone is 3. The number of rotatable bonds is 5. The molecular formula is C24H28ClN5. The number of aliphatic imine (C=N–C) groups is 1. The zero-order valence-corrected chi connectivity index (χ0v) is 18.4. The van der Waals surface area contributed by atoms with Gasteiger partial charge in [-0.15, -0.1) is 0 Å². The van der Waals surface area contributed by atoms with Gasteiger partial charge in [0.2, 0.25) is 0 Å². The number of aromatic nitrogens is 1. The Kier molecular flexibility index (Phi) is 5.48. The molecule has 0 fully saturated rings. The lowest BCUT2D eigenvalue weighted by atomic mass is 9.85. The maximum atomic E-state index is 6.29. The molecule has 156 valence electrons. The van der Waals surface area contributed by atoms with Gasteiger partial charge in [0.05, 0.1) is 0 Å². The summed E-state index contributed by atoms with van der Waals surface area (Å²) in [6.07, 6.45) is 8.51. The summed E-state index contributed by atoms with van der Waals surface area (Å²) in [6.45, 7) is 5.19. The fourth-order valence-corrected chi connectivity index (χ4v) is 3.97. The Balaban J connectivity index is 1.73. The van der Waals surface area contributed by atoms with Crippen molar-refractivity contribution in [3.8, 4) is 0 Å². The average Bonchev–Trinajstić information content (AvgIpc) is 3.07. The minimum absolute atomic E-state index is 0.209. The summed E-state index contributed by atoms with van der Waals surface area (Å²) in [6, 6.07) is 10.4. The zero-order valence-electron chi connectivity index (χ0n) is 17.6. The molecule has 1 aliphatic rings. The van der Waals surface area contributed by atoms with Crippen LogP contribution in [-0.2, 0) is 6.42 Å². The second kappa shape index (κ2) is 8.07. The molecule has 0 saturated heterocycles. The lowest BCUT2D eigenvalue weighted by Crippen LogP contribution is -2.32. The number of aromatic amines is 1. The standard InChI is InChI=1S/C24H28ClN5/c1-24(2)9-6-17(7-10-24)29-18-12-15(8-11-28-23(26)27-3)22-20(14-18)19-13-16(25)4-5-21(19)30-22/h4-7,9,12-14,29-30H,8,10-11H2,1-3H3,(H3,26,27,28). The van der Waals surface area contributed by atoms with Gasteiger partial charge in [0.1, 0.15) is 0 Å².